The number of rotatable bonds is 6. The Kier molecular flexibility index (Phi) is 5.78. The number of methoxy groups -OCH3 is 1. The second-order valence-corrected chi connectivity index (χ2v) is 5.71. The van der Waals surface area contributed by atoms with Crippen molar-refractivity contribution < 1.29 is 19.4 Å². The molecule has 1 heterocycles. The second kappa shape index (κ2) is 7.59. The molecule has 114 valence electrons. The van der Waals surface area contributed by atoms with Crippen LogP contribution in [-0.4, -0.2) is 44.0 Å². The van der Waals surface area contributed by atoms with Crippen molar-refractivity contribution >= 4 is 27.9 Å². The van der Waals surface area contributed by atoms with E-state index in [4.69, 9.17) is 9.47 Å². The molecule has 1 atom stereocenters. The number of aliphatic hydroxyl groups excluding tert-OH is 1. The van der Waals surface area contributed by atoms with Crippen LogP contribution in [-0.2, 0) is 9.53 Å². The number of nitrogens with one attached hydrogen (secondary N) is 1. The maximum absolute atomic E-state index is 12.0. The molecular weight excluding hydrogens is 338 g/mol. The molecule has 2 rings (SSSR count). The van der Waals surface area contributed by atoms with Crippen LogP contribution in [0.15, 0.2) is 28.2 Å². The highest BCUT2D eigenvalue weighted by Crippen LogP contribution is 2.29. The van der Waals surface area contributed by atoms with E-state index in [2.05, 4.69) is 21.2 Å². The van der Waals surface area contributed by atoms with Crippen LogP contribution in [0.25, 0.3) is 6.08 Å². The predicted molar refractivity (Wildman–Crippen MR) is 83.1 cm³/mol. The lowest BCUT2D eigenvalue weighted by Gasteiger charge is -2.18. The molecule has 0 radical (unpaired) electrons. The number of carbonyl (C=O) groups is 1. The number of carbonyl (C=O) groups excluding carboxylic acids is 1. The van der Waals surface area contributed by atoms with Gasteiger partial charge in [0.15, 0.2) is 0 Å². The van der Waals surface area contributed by atoms with Gasteiger partial charge in [-0.25, -0.2) is 0 Å². The molecule has 1 amide bonds. The first kappa shape index (κ1) is 16.0. The zero-order valence-electron chi connectivity index (χ0n) is 11.8. The van der Waals surface area contributed by atoms with Gasteiger partial charge in [0, 0.05) is 23.7 Å². The van der Waals surface area contributed by atoms with E-state index in [-0.39, 0.29) is 19.1 Å². The molecule has 2 N–H and O–H groups in total. The van der Waals surface area contributed by atoms with Crippen LogP contribution < -0.4 is 10.1 Å². The Labute approximate surface area is 132 Å². The first-order chi connectivity index (χ1) is 10.1. The van der Waals surface area contributed by atoms with Gasteiger partial charge in [0.05, 0.1) is 18.3 Å². The molecular formula is C15H18BrNO4. The van der Waals surface area contributed by atoms with Gasteiger partial charge in [-0.1, -0.05) is 15.9 Å². The highest BCUT2D eigenvalue weighted by atomic mass is 79.9. The molecule has 0 aliphatic carbocycles. The van der Waals surface area contributed by atoms with Crippen LogP contribution in [0.2, 0.25) is 0 Å². The quantitative estimate of drug-likeness (QED) is 0.815. The summed E-state index contributed by atoms with van der Waals surface area (Å²) in [6.07, 6.45) is 1.71. The van der Waals surface area contributed by atoms with E-state index >= 15 is 0 Å². The minimum Gasteiger partial charge on any atom is -0.488 e. The summed E-state index contributed by atoms with van der Waals surface area (Å²) in [5.41, 5.74) is 1.45. The van der Waals surface area contributed by atoms with Gasteiger partial charge in [0.1, 0.15) is 12.4 Å². The van der Waals surface area contributed by atoms with Crippen molar-refractivity contribution in [3.05, 3.63) is 33.8 Å². The van der Waals surface area contributed by atoms with Crippen LogP contribution in [0.4, 0.5) is 0 Å². The van der Waals surface area contributed by atoms with E-state index in [0.717, 1.165) is 15.8 Å². The van der Waals surface area contributed by atoms with Gasteiger partial charge in [-0.05, 0) is 30.7 Å². The van der Waals surface area contributed by atoms with Crippen LogP contribution in [0.5, 0.6) is 5.75 Å². The standard InChI is InChI=1S/C15H18BrNO4/c1-20-9-13(18)4-5-17-15(19)11-6-10-7-12(16)2-3-14(10)21-8-11/h2-3,6-7,13,18H,4-5,8-9H2,1H3,(H,17,19). The van der Waals surface area contributed by atoms with Gasteiger partial charge in [-0.15, -0.1) is 0 Å². The lowest BCUT2D eigenvalue weighted by Crippen LogP contribution is -2.31. The van der Waals surface area contributed by atoms with E-state index in [1.54, 1.807) is 0 Å². The number of amides is 1. The van der Waals surface area contributed by atoms with Gasteiger partial charge >= 0.3 is 0 Å². The molecule has 5 nitrogen and oxygen atoms in total. The van der Waals surface area contributed by atoms with Crippen LogP contribution in [0.1, 0.15) is 12.0 Å². The number of hydrogen-bond acceptors (Lipinski definition) is 4. The molecule has 0 bridgehead atoms. The first-order valence-corrected chi connectivity index (χ1v) is 7.47. The molecule has 21 heavy (non-hydrogen) atoms. The maximum Gasteiger partial charge on any atom is 0.250 e. The van der Waals surface area contributed by atoms with Gasteiger partial charge in [0.2, 0.25) is 0 Å². The summed E-state index contributed by atoms with van der Waals surface area (Å²) in [6.45, 7) is 0.913. The maximum atomic E-state index is 12.0. The fraction of sp³-hybridized carbons (Fsp3) is 0.400. The molecule has 0 aromatic heterocycles. The summed E-state index contributed by atoms with van der Waals surface area (Å²) in [4.78, 5) is 12.0. The number of aliphatic hydroxyl groups is 1. The summed E-state index contributed by atoms with van der Waals surface area (Å²) in [5.74, 6) is 0.593. The third-order valence-corrected chi connectivity index (χ3v) is 3.59. The Bertz CT molecular complexity index is 544. The van der Waals surface area contributed by atoms with Crippen molar-refractivity contribution in [2.75, 3.05) is 26.9 Å². The summed E-state index contributed by atoms with van der Waals surface area (Å²) >= 11 is 3.39. The number of halogens is 1. The Morgan fingerprint density at radius 1 is 1.57 bits per heavy atom. The third-order valence-electron chi connectivity index (χ3n) is 3.10. The monoisotopic (exact) mass is 355 g/mol. The molecule has 0 fully saturated rings. The van der Waals surface area contributed by atoms with E-state index in [1.807, 2.05) is 24.3 Å². The second-order valence-electron chi connectivity index (χ2n) is 4.79. The predicted octanol–water partition coefficient (Wildman–Crippen LogP) is 1.74. The van der Waals surface area contributed by atoms with Gasteiger partial charge in [-0.2, -0.15) is 0 Å². The third kappa shape index (κ3) is 4.56. The Balaban J connectivity index is 1.91. The Morgan fingerprint density at radius 2 is 2.38 bits per heavy atom. The average molecular weight is 356 g/mol. The molecule has 1 aromatic rings. The number of fused-ring (bicyclic) bond motifs is 1. The summed E-state index contributed by atoms with van der Waals surface area (Å²) in [5, 5.41) is 12.3. The van der Waals surface area contributed by atoms with Gasteiger partial charge < -0.3 is 19.9 Å². The summed E-state index contributed by atoms with van der Waals surface area (Å²) < 4.78 is 11.3. The van der Waals surface area contributed by atoms with E-state index in [0.29, 0.717) is 18.5 Å². The molecule has 6 heteroatoms. The summed E-state index contributed by atoms with van der Waals surface area (Å²) in [6, 6.07) is 5.67. The van der Waals surface area contributed by atoms with Gasteiger partial charge in [-0.3, -0.25) is 4.79 Å². The van der Waals surface area contributed by atoms with E-state index < -0.39 is 6.10 Å². The van der Waals surface area contributed by atoms with Crippen molar-refractivity contribution in [3.63, 3.8) is 0 Å². The smallest absolute Gasteiger partial charge is 0.250 e. The molecule has 1 aliphatic rings. The van der Waals surface area contributed by atoms with Crippen molar-refractivity contribution in [3.8, 4) is 5.75 Å². The van der Waals surface area contributed by atoms with Crippen molar-refractivity contribution in [1.82, 2.24) is 5.32 Å². The van der Waals surface area contributed by atoms with E-state index in [9.17, 15) is 9.90 Å². The normalized spacial score (nSPS) is 14.7. The fourth-order valence-electron chi connectivity index (χ4n) is 2.02. The van der Waals surface area contributed by atoms with Crippen molar-refractivity contribution in [1.29, 1.82) is 0 Å². The SMILES string of the molecule is COCC(O)CCNC(=O)C1=Cc2cc(Br)ccc2OC1. The highest BCUT2D eigenvalue weighted by molar-refractivity contribution is 9.10. The number of hydrogen-bond donors (Lipinski definition) is 2. The summed E-state index contributed by atoms with van der Waals surface area (Å²) in [7, 11) is 1.53. The van der Waals surface area contributed by atoms with Gasteiger partial charge in [0.25, 0.3) is 5.91 Å². The van der Waals surface area contributed by atoms with Crippen LogP contribution in [0.3, 0.4) is 0 Å². The van der Waals surface area contributed by atoms with Crippen LogP contribution >= 0.6 is 15.9 Å². The molecule has 1 aromatic carbocycles. The molecule has 0 saturated heterocycles. The number of ether oxygens (including phenoxy) is 2. The Hall–Kier alpha value is -1.37. The highest BCUT2D eigenvalue weighted by Gasteiger charge is 2.17. The first-order valence-electron chi connectivity index (χ1n) is 6.68. The molecule has 0 spiro atoms. The molecule has 0 saturated carbocycles. The zero-order valence-corrected chi connectivity index (χ0v) is 13.4. The average Bonchev–Trinajstić information content (AvgIpc) is 2.46. The van der Waals surface area contributed by atoms with Crippen LogP contribution in [0, 0.1) is 0 Å². The lowest BCUT2D eigenvalue weighted by molar-refractivity contribution is -0.117. The fourth-order valence-corrected chi connectivity index (χ4v) is 2.40. The molecule has 1 unspecified atom stereocenters. The minimum absolute atomic E-state index is 0.176. The van der Waals surface area contributed by atoms with E-state index in [1.165, 1.54) is 7.11 Å². The molecule has 1 aliphatic heterocycles. The Morgan fingerprint density at radius 3 is 3.14 bits per heavy atom. The largest absolute Gasteiger partial charge is 0.488 e. The number of benzene rings is 1. The lowest BCUT2D eigenvalue weighted by atomic mass is 10.1. The minimum atomic E-state index is -0.566. The van der Waals surface area contributed by atoms with Crippen molar-refractivity contribution in [2.24, 2.45) is 0 Å². The topological polar surface area (TPSA) is 67.8 Å². The zero-order chi connectivity index (χ0) is 15.2. The van der Waals surface area contributed by atoms with Crippen molar-refractivity contribution in [2.45, 2.75) is 12.5 Å².